The predicted octanol–water partition coefficient (Wildman–Crippen LogP) is 3.50. The van der Waals surface area contributed by atoms with E-state index < -0.39 is 25.0 Å². The first-order chi connectivity index (χ1) is 11.1. The van der Waals surface area contributed by atoms with Crippen molar-refractivity contribution >= 4 is 35.2 Å². The van der Waals surface area contributed by atoms with Crippen LogP contribution in [0.2, 0.25) is 58.9 Å². The quantitative estimate of drug-likeness (QED) is 0.342. The Bertz CT molecular complexity index is 453. The Morgan fingerprint density at radius 3 is 1.76 bits per heavy atom. The molecule has 1 aliphatic carbocycles. The molecule has 1 saturated heterocycles. The number of hydrogen-bond donors (Lipinski definition) is 0. The lowest BCUT2D eigenvalue weighted by Gasteiger charge is -2.50. The molecule has 0 spiro atoms. The molecule has 8 heteroatoms. The highest BCUT2D eigenvalue weighted by molar-refractivity contribution is 6.71. The maximum atomic E-state index is 6.93. The number of rotatable bonds is 8. The Labute approximate surface area is 161 Å². The maximum Gasteiger partial charge on any atom is 0.187 e. The number of hydrogen-bond acceptors (Lipinski definition) is 4. The van der Waals surface area contributed by atoms with Crippen molar-refractivity contribution < 1.29 is 18.0 Å². The van der Waals surface area contributed by atoms with E-state index in [2.05, 4.69) is 58.9 Å². The molecule has 0 radical (unpaired) electrons. The van der Waals surface area contributed by atoms with Crippen molar-refractivity contribution in [3.05, 3.63) is 0 Å². The van der Waals surface area contributed by atoms with Gasteiger partial charge in [-0.05, 0) is 84.1 Å². The van der Waals surface area contributed by atoms with Crippen LogP contribution in [0.25, 0.3) is 0 Å². The average Bonchev–Trinajstić information content (AvgIpc) is 3.10. The molecule has 4 atom stereocenters. The molecule has 2 fully saturated rings. The van der Waals surface area contributed by atoms with Crippen LogP contribution in [0.1, 0.15) is 19.3 Å². The lowest BCUT2D eigenvalue weighted by molar-refractivity contribution is -0.138. The second-order valence-electron chi connectivity index (χ2n) is 10.9. The maximum absolute atomic E-state index is 6.93. The Morgan fingerprint density at radius 2 is 1.36 bits per heavy atom. The van der Waals surface area contributed by atoms with E-state index >= 15 is 0 Å². The molecule has 0 bridgehead atoms. The van der Waals surface area contributed by atoms with E-state index in [1.165, 1.54) is 12.8 Å². The molecule has 2 aliphatic rings. The van der Waals surface area contributed by atoms with Gasteiger partial charge in [-0.25, -0.2) is 0 Å². The van der Waals surface area contributed by atoms with Crippen LogP contribution in [0, 0.1) is 5.92 Å². The van der Waals surface area contributed by atoms with Crippen LogP contribution >= 0.6 is 0 Å². The summed E-state index contributed by atoms with van der Waals surface area (Å²) in [5, 5.41) is -0.262. The van der Waals surface area contributed by atoms with Gasteiger partial charge in [0.15, 0.2) is 31.2 Å². The fraction of sp³-hybridized carbons (Fsp3) is 1.00. The predicted molar refractivity (Wildman–Crippen MR) is 116 cm³/mol. The first-order valence-electron chi connectivity index (χ1n) is 9.80. The molecular formula is C17H40O4Si4. The smallest absolute Gasteiger partial charge is 0.187 e. The number of epoxide rings is 1. The Kier molecular flexibility index (Phi) is 6.40. The van der Waals surface area contributed by atoms with Crippen LogP contribution in [0.5, 0.6) is 0 Å². The zero-order chi connectivity index (χ0) is 19.3. The van der Waals surface area contributed by atoms with Crippen molar-refractivity contribution in [2.75, 3.05) is 0 Å². The average molecular weight is 421 g/mol. The van der Waals surface area contributed by atoms with E-state index in [-0.39, 0.29) is 11.5 Å². The van der Waals surface area contributed by atoms with Crippen molar-refractivity contribution in [3.8, 4) is 0 Å². The van der Waals surface area contributed by atoms with Crippen LogP contribution in [-0.2, 0) is 18.0 Å². The van der Waals surface area contributed by atoms with Crippen LogP contribution < -0.4 is 0 Å². The molecule has 1 saturated carbocycles. The van der Waals surface area contributed by atoms with E-state index in [1.54, 1.807) is 0 Å². The molecule has 25 heavy (non-hydrogen) atoms. The monoisotopic (exact) mass is 420 g/mol. The van der Waals surface area contributed by atoms with Gasteiger partial charge in [-0.3, -0.25) is 0 Å². The normalized spacial score (nSPS) is 30.2. The van der Waals surface area contributed by atoms with E-state index in [9.17, 15) is 0 Å². The van der Waals surface area contributed by atoms with Gasteiger partial charge in [0, 0.05) is 10.2 Å². The summed E-state index contributed by atoms with van der Waals surface area (Å²) in [4.78, 5) is 0. The molecule has 1 aliphatic heterocycles. The molecule has 1 heterocycles. The first-order valence-corrected chi connectivity index (χ1v) is 21.0. The SMILES string of the molecule is C[Si](C)(C)OC(O[Si](C)(C)C)C([SiH3])(O[Si](C)(C)C)C1CCC2OC2C1. The summed E-state index contributed by atoms with van der Waals surface area (Å²) in [6.07, 6.45) is 4.21. The summed E-state index contributed by atoms with van der Waals surface area (Å²) in [6, 6.07) is 0. The number of ether oxygens (including phenoxy) is 1. The number of fused-ring (bicyclic) bond motifs is 1. The van der Waals surface area contributed by atoms with Crippen molar-refractivity contribution in [2.24, 2.45) is 5.92 Å². The minimum atomic E-state index is -1.75. The third-order valence-electron chi connectivity index (χ3n) is 4.73. The Morgan fingerprint density at radius 1 is 0.840 bits per heavy atom. The molecule has 0 aromatic carbocycles. The highest BCUT2D eigenvalue weighted by atomic mass is 28.4. The molecule has 0 amide bonds. The second kappa shape index (κ2) is 7.27. The first kappa shape index (κ1) is 22.0. The minimum absolute atomic E-state index is 0.218. The van der Waals surface area contributed by atoms with Crippen LogP contribution in [0.15, 0.2) is 0 Å². The van der Waals surface area contributed by atoms with Crippen molar-refractivity contribution in [1.82, 2.24) is 0 Å². The minimum Gasteiger partial charge on any atom is -0.411 e. The summed E-state index contributed by atoms with van der Waals surface area (Å²) in [5.41, 5.74) is 0. The zero-order valence-corrected chi connectivity index (χ0v) is 23.1. The third-order valence-corrected chi connectivity index (χ3v) is 9.52. The molecule has 148 valence electrons. The van der Waals surface area contributed by atoms with E-state index in [0.717, 1.165) is 16.7 Å². The molecule has 0 N–H and O–H groups in total. The lowest BCUT2D eigenvalue weighted by atomic mass is 9.84. The van der Waals surface area contributed by atoms with Gasteiger partial charge >= 0.3 is 0 Å². The van der Waals surface area contributed by atoms with Gasteiger partial charge in [0.2, 0.25) is 0 Å². The molecular weight excluding hydrogens is 381 g/mol. The van der Waals surface area contributed by atoms with Gasteiger partial charge in [-0.1, -0.05) is 0 Å². The molecule has 4 unspecified atom stereocenters. The van der Waals surface area contributed by atoms with Crippen molar-refractivity contribution in [2.45, 2.75) is 102 Å². The van der Waals surface area contributed by atoms with Gasteiger partial charge in [0.25, 0.3) is 0 Å². The third kappa shape index (κ3) is 6.67. The van der Waals surface area contributed by atoms with Gasteiger partial charge < -0.3 is 18.0 Å². The summed E-state index contributed by atoms with van der Waals surface area (Å²) < 4.78 is 26.1. The standard InChI is InChI=1S/C17H40O4Si4/c1-23(2,3)19-16(20-24(4,5)6)17(22,21-25(7,8)9)13-10-11-14-15(12-13)18-14/h13-16H,10-12H2,1-9,22H3. The highest BCUT2D eigenvalue weighted by Crippen LogP contribution is 2.46. The van der Waals surface area contributed by atoms with Crippen molar-refractivity contribution in [3.63, 3.8) is 0 Å². The van der Waals surface area contributed by atoms with Crippen LogP contribution in [-0.4, -0.2) is 58.9 Å². The van der Waals surface area contributed by atoms with E-state index in [0.29, 0.717) is 18.1 Å². The molecule has 0 aromatic rings. The van der Waals surface area contributed by atoms with Gasteiger partial charge in [-0.2, -0.15) is 0 Å². The van der Waals surface area contributed by atoms with Gasteiger partial charge in [0.05, 0.1) is 17.4 Å². The van der Waals surface area contributed by atoms with Gasteiger partial charge in [-0.15, -0.1) is 0 Å². The lowest BCUT2D eigenvalue weighted by Crippen LogP contribution is -2.62. The summed E-state index contributed by atoms with van der Waals surface area (Å²) in [7, 11) is -4.32. The molecule has 2 rings (SSSR count). The van der Waals surface area contributed by atoms with E-state index in [4.69, 9.17) is 18.0 Å². The summed E-state index contributed by atoms with van der Waals surface area (Å²) in [5.74, 6) is 0.493. The fourth-order valence-corrected chi connectivity index (χ4v) is 10.4. The van der Waals surface area contributed by atoms with Gasteiger partial charge in [0.1, 0.15) is 0 Å². The summed E-state index contributed by atoms with van der Waals surface area (Å²) >= 11 is 0. The van der Waals surface area contributed by atoms with Crippen LogP contribution in [0.3, 0.4) is 0 Å². The van der Waals surface area contributed by atoms with Crippen molar-refractivity contribution in [1.29, 1.82) is 0 Å². The van der Waals surface area contributed by atoms with Crippen LogP contribution in [0.4, 0.5) is 0 Å². The topological polar surface area (TPSA) is 40.2 Å². The Balaban J connectivity index is 2.33. The fourth-order valence-electron chi connectivity index (χ4n) is 3.81. The second-order valence-corrected chi connectivity index (χ2v) is 25.8. The molecule has 0 aromatic heterocycles. The summed E-state index contributed by atoms with van der Waals surface area (Å²) in [6.45, 7) is 20.4. The Hall–Kier alpha value is 0.708. The highest BCUT2D eigenvalue weighted by Gasteiger charge is 2.54. The zero-order valence-electron chi connectivity index (χ0n) is 18.1. The largest absolute Gasteiger partial charge is 0.411 e. The van der Waals surface area contributed by atoms with E-state index in [1.807, 2.05) is 0 Å². The molecule has 4 nitrogen and oxygen atoms in total.